The molecule has 10 heavy (non-hydrogen) atoms. The largest absolute Gasteiger partial charge is 0.396 e. The average Bonchev–Trinajstić information content (AvgIpc) is 2.05. The molecule has 1 rings (SSSR count). The lowest BCUT2D eigenvalue weighted by Crippen LogP contribution is -2.25. The van der Waals surface area contributed by atoms with Crippen LogP contribution in [0, 0.1) is 11.8 Å². The van der Waals surface area contributed by atoms with Crippen molar-refractivity contribution in [3.05, 3.63) is 0 Å². The summed E-state index contributed by atoms with van der Waals surface area (Å²) in [6, 6.07) is 0. The van der Waals surface area contributed by atoms with Gasteiger partial charge in [-0.1, -0.05) is 6.92 Å². The lowest BCUT2D eigenvalue weighted by molar-refractivity contribution is 0.0212. The van der Waals surface area contributed by atoms with E-state index in [4.69, 9.17) is 9.84 Å². The van der Waals surface area contributed by atoms with Crippen LogP contribution >= 0.6 is 0 Å². The van der Waals surface area contributed by atoms with Gasteiger partial charge in [0.05, 0.1) is 0 Å². The summed E-state index contributed by atoms with van der Waals surface area (Å²) >= 11 is 0. The van der Waals surface area contributed by atoms with Crippen LogP contribution in [0.4, 0.5) is 0 Å². The number of rotatable bonds is 2. The predicted octanol–water partition coefficient (Wildman–Crippen LogP) is 1.04. The van der Waals surface area contributed by atoms with Crippen molar-refractivity contribution in [1.29, 1.82) is 0 Å². The lowest BCUT2D eigenvalue weighted by atomic mass is 9.90. The molecular weight excluding hydrogens is 128 g/mol. The van der Waals surface area contributed by atoms with Crippen molar-refractivity contribution in [1.82, 2.24) is 0 Å². The van der Waals surface area contributed by atoms with Gasteiger partial charge in [-0.3, -0.25) is 0 Å². The maximum Gasteiger partial charge on any atom is 0.0497 e. The number of hydrogen-bond donors (Lipinski definition) is 1. The first-order valence-corrected chi connectivity index (χ1v) is 4.03. The van der Waals surface area contributed by atoms with Gasteiger partial charge in [0.25, 0.3) is 0 Å². The van der Waals surface area contributed by atoms with E-state index in [1.165, 1.54) is 6.42 Å². The second-order valence-corrected chi connectivity index (χ2v) is 3.14. The van der Waals surface area contributed by atoms with Crippen molar-refractivity contribution in [2.45, 2.75) is 19.8 Å². The van der Waals surface area contributed by atoms with E-state index in [1.807, 2.05) is 0 Å². The molecule has 0 spiro atoms. The first-order valence-electron chi connectivity index (χ1n) is 4.03. The van der Waals surface area contributed by atoms with Crippen LogP contribution in [0.25, 0.3) is 0 Å². The molecule has 2 nitrogen and oxygen atoms in total. The van der Waals surface area contributed by atoms with E-state index < -0.39 is 0 Å². The molecule has 0 saturated carbocycles. The van der Waals surface area contributed by atoms with E-state index in [-0.39, 0.29) is 0 Å². The molecule has 60 valence electrons. The number of aliphatic hydroxyl groups is 1. The Kier molecular flexibility index (Phi) is 3.16. The van der Waals surface area contributed by atoms with Gasteiger partial charge in [0, 0.05) is 19.8 Å². The van der Waals surface area contributed by atoms with Gasteiger partial charge in [-0.2, -0.15) is 0 Å². The van der Waals surface area contributed by atoms with Gasteiger partial charge in [-0.15, -0.1) is 0 Å². The van der Waals surface area contributed by atoms with Crippen molar-refractivity contribution >= 4 is 0 Å². The lowest BCUT2D eigenvalue weighted by Gasteiger charge is -2.26. The van der Waals surface area contributed by atoms with Crippen LogP contribution in [0.5, 0.6) is 0 Å². The Morgan fingerprint density at radius 2 is 2.50 bits per heavy atom. The summed E-state index contributed by atoms with van der Waals surface area (Å²) in [6.07, 6.45) is 2.39. The minimum Gasteiger partial charge on any atom is -0.396 e. The highest BCUT2D eigenvalue weighted by atomic mass is 16.5. The van der Waals surface area contributed by atoms with Gasteiger partial charge in [-0.05, 0) is 24.7 Å². The zero-order chi connectivity index (χ0) is 7.40. The van der Waals surface area contributed by atoms with Gasteiger partial charge in [0.15, 0.2) is 0 Å². The molecule has 1 aliphatic heterocycles. The van der Waals surface area contributed by atoms with Crippen molar-refractivity contribution < 1.29 is 9.84 Å². The van der Waals surface area contributed by atoms with Gasteiger partial charge in [-0.25, -0.2) is 0 Å². The predicted molar refractivity (Wildman–Crippen MR) is 39.8 cm³/mol. The highest BCUT2D eigenvalue weighted by Crippen LogP contribution is 2.21. The van der Waals surface area contributed by atoms with Gasteiger partial charge in [0.1, 0.15) is 0 Å². The number of aliphatic hydroxyl groups excluding tert-OH is 1. The van der Waals surface area contributed by atoms with Crippen LogP contribution in [0.15, 0.2) is 0 Å². The molecule has 1 N–H and O–H groups in total. The Balaban J connectivity index is 2.24. The Labute approximate surface area is 62.2 Å². The Morgan fingerprint density at radius 1 is 1.70 bits per heavy atom. The first kappa shape index (κ1) is 8.02. The van der Waals surface area contributed by atoms with Gasteiger partial charge in [0.2, 0.25) is 0 Å². The van der Waals surface area contributed by atoms with E-state index in [0.29, 0.717) is 18.4 Å². The van der Waals surface area contributed by atoms with Crippen LogP contribution in [0.2, 0.25) is 0 Å². The molecule has 0 aromatic heterocycles. The fourth-order valence-electron chi connectivity index (χ4n) is 1.36. The Bertz CT molecular complexity index is 87.3. The van der Waals surface area contributed by atoms with E-state index in [0.717, 1.165) is 19.6 Å². The van der Waals surface area contributed by atoms with Gasteiger partial charge < -0.3 is 9.84 Å². The topological polar surface area (TPSA) is 29.5 Å². The zero-order valence-corrected chi connectivity index (χ0v) is 6.55. The number of hydrogen-bond acceptors (Lipinski definition) is 2. The third-order valence-corrected chi connectivity index (χ3v) is 2.29. The monoisotopic (exact) mass is 144 g/mol. The summed E-state index contributed by atoms with van der Waals surface area (Å²) in [7, 11) is 0. The molecule has 1 aliphatic rings. The number of ether oxygens (including phenoxy) is 1. The second-order valence-electron chi connectivity index (χ2n) is 3.14. The van der Waals surface area contributed by atoms with Crippen molar-refractivity contribution in [3.63, 3.8) is 0 Å². The molecule has 2 atom stereocenters. The SMILES string of the molecule is C[C@@H](CO)C1CCCOC1. The molecule has 0 aromatic carbocycles. The molecule has 0 aliphatic carbocycles. The van der Waals surface area contributed by atoms with Gasteiger partial charge >= 0.3 is 0 Å². The van der Waals surface area contributed by atoms with Crippen LogP contribution < -0.4 is 0 Å². The summed E-state index contributed by atoms with van der Waals surface area (Å²) in [5.41, 5.74) is 0. The molecule has 0 aromatic rings. The molecule has 1 fully saturated rings. The maximum absolute atomic E-state index is 8.83. The maximum atomic E-state index is 8.83. The molecule has 0 bridgehead atoms. The zero-order valence-electron chi connectivity index (χ0n) is 6.55. The average molecular weight is 144 g/mol. The third kappa shape index (κ3) is 1.96. The van der Waals surface area contributed by atoms with Crippen molar-refractivity contribution in [2.75, 3.05) is 19.8 Å². The normalized spacial score (nSPS) is 30.0. The van der Waals surface area contributed by atoms with Crippen molar-refractivity contribution in [3.8, 4) is 0 Å². The molecule has 2 heteroatoms. The Morgan fingerprint density at radius 3 is 3.00 bits per heavy atom. The van der Waals surface area contributed by atoms with Crippen molar-refractivity contribution in [2.24, 2.45) is 11.8 Å². The molecule has 1 saturated heterocycles. The standard InChI is InChI=1S/C8H16O2/c1-7(5-9)8-3-2-4-10-6-8/h7-9H,2-6H2,1H3/t7-,8?/m0/s1. The molecular formula is C8H16O2. The summed E-state index contributed by atoms with van der Waals surface area (Å²) in [5, 5.41) is 8.83. The Hall–Kier alpha value is -0.0800. The minimum atomic E-state index is 0.300. The highest BCUT2D eigenvalue weighted by Gasteiger charge is 2.19. The summed E-state index contributed by atoms with van der Waals surface area (Å²) in [4.78, 5) is 0. The van der Waals surface area contributed by atoms with E-state index >= 15 is 0 Å². The van der Waals surface area contributed by atoms with Crippen LogP contribution in [0.3, 0.4) is 0 Å². The third-order valence-electron chi connectivity index (χ3n) is 2.29. The molecule has 1 heterocycles. The fourth-order valence-corrected chi connectivity index (χ4v) is 1.36. The summed E-state index contributed by atoms with van der Waals surface area (Å²) < 4.78 is 5.29. The van der Waals surface area contributed by atoms with E-state index in [1.54, 1.807) is 0 Å². The van der Waals surface area contributed by atoms with Crippen LogP contribution in [-0.2, 0) is 4.74 Å². The van der Waals surface area contributed by atoms with Crippen LogP contribution in [-0.4, -0.2) is 24.9 Å². The summed E-state index contributed by atoms with van der Waals surface area (Å²) in [5.74, 6) is 1.01. The van der Waals surface area contributed by atoms with E-state index in [9.17, 15) is 0 Å². The quantitative estimate of drug-likeness (QED) is 0.627. The van der Waals surface area contributed by atoms with E-state index in [2.05, 4.69) is 6.92 Å². The highest BCUT2D eigenvalue weighted by molar-refractivity contribution is 4.68. The first-order chi connectivity index (χ1) is 4.84. The smallest absolute Gasteiger partial charge is 0.0497 e. The summed E-state index contributed by atoms with van der Waals surface area (Å²) in [6.45, 7) is 4.14. The fraction of sp³-hybridized carbons (Fsp3) is 1.00. The molecule has 0 radical (unpaired) electrons. The molecule has 1 unspecified atom stereocenters. The van der Waals surface area contributed by atoms with Crippen LogP contribution in [0.1, 0.15) is 19.8 Å². The second kappa shape index (κ2) is 3.94. The molecule has 0 amide bonds. The minimum absolute atomic E-state index is 0.300.